The zero-order chi connectivity index (χ0) is 14.1. The normalized spacial score (nSPS) is 10.7. The number of hydrogen-bond acceptors (Lipinski definition) is 4. The number of benzene rings is 1. The largest absolute Gasteiger partial charge is 0.396 e. The predicted octanol–water partition coefficient (Wildman–Crippen LogP) is 0.955. The van der Waals surface area contributed by atoms with Gasteiger partial charge in [0.2, 0.25) is 5.91 Å². The van der Waals surface area contributed by atoms with Crippen molar-refractivity contribution in [3.63, 3.8) is 0 Å². The number of anilines is 1. The topological polar surface area (TPSA) is 72.8 Å². The van der Waals surface area contributed by atoms with E-state index >= 15 is 0 Å². The average Bonchev–Trinajstić information content (AvgIpc) is 2.39. The molecule has 1 rings (SSSR count). The van der Waals surface area contributed by atoms with Crippen LogP contribution in [0.25, 0.3) is 0 Å². The Morgan fingerprint density at radius 1 is 1.16 bits per heavy atom. The Morgan fingerprint density at radius 3 is 2.42 bits per heavy atom. The maximum atomic E-state index is 11.8. The highest BCUT2D eigenvalue weighted by Gasteiger charge is 2.10. The second-order valence-electron chi connectivity index (χ2n) is 4.13. The van der Waals surface area contributed by atoms with Crippen LogP contribution in [0.5, 0.6) is 0 Å². The van der Waals surface area contributed by atoms with Crippen molar-refractivity contribution in [3.05, 3.63) is 29.3 Å². The maximum Gasteiger partial charge on any atom is 0.238 e. The number of amides is 1. The number of carbonyl (C=O) groups excluding carboxylic acids is 1. The van der Waals surface area contributed by atoms with Crippen LogP contribution in [0.4, 0.5) is 5.69 Å². The lowest BCUT2D eigenvalue weighted by Gasteiger charge is -2.20. The van der Waals surface area contributed by atoms with Crippen molar-refractivity contribution in [2.24, 2.45) is 0 Å². The lowest BCUT2D eigenvalue weighted by molar-refractivity contribution is -0.117. The quantitative estimate of drug-likeness (QED) is 0.665. The molecule has 0 fully saturated rings. The van der Waals surface area contributed by atoms with E-state index in [1.807, 2.05) is 0 Å². The van der Waals surface area contributed by atoms with Crippen LogP contribution in [0, 0.1) is 0 Å². The van der Waals surface area contributed by atoms with Gasteiger partial charge in [-0.05, 0) is 30.7 Å². The van der Waals surface area contributed by atoms with Gasteiger partial charge in [0.15, 0.2) is 0 Å². The van der Waals surface area contributed by atoms with Crippen molar-refractivity contribution in [3.8, 4) is 0 Å². The van der Waals surface area contributed by atoms with E-state index in [1.165, 1.54) is 0 Å². The van der Waals surface area contributed by atoms with Gasteiger partial charge in [-0.2, -0.15) is 0 Å². The first-order valence-corrected chi connectivity index (χ1v) is 6.53. The van der Waals surface area contributed by atoms with Gasteiger partial charge in [0.1, 0.15) is 0 Å². The molecule has 0 radical (unpaired) electrons. The first-order valence-electron chi connectivity index (χ1n) is 6.15. The van der Waals surface area contributed by atoms with E-state index in [2.05, 4.69) is 5.32 Å². The summed E-state index contributed by atoms with van der Waals surface area (Å²) in [5.41, 5.74) is 0.681. The minimum Gasteiger partial charge on any atom is -0.396 e. The summed E-state index contributed by atoms with van der Waals surface area (Å²) in [6.07, 6.45) is 0.578. The molecular weight excluding hydrogens is 268 g/mol. The maximum absolute atomic E-state index is 11.8. The first-order chi connectivity index (χ1) is 9.15. The van der Waals surface area contributed by atoms with E-state index in [0.717, 1.165) is 0 Å². The van der Waals surface area contributed by atoms with Gasteiger partial charge < -0.3 is 15.5 Å². The summed E-state index contributed by atoms with van der Waals surface area (Å²) in [6.45, 7) is 1.22. The number of aliphatic hydroxyl groups excluding tert-OH is 2. The summed E-state index contributed by atoms with van der Waals surface area (Å²) in [5.74, 6) is -0.159. The van der Waals surface area contributed by atoms with E-state index in [9.17, 15) is 4.79 Å². The van der Waals surface area contributed by atoms with Crippen LogP contribution in [0.15, 0.2) is 24.3 Å². The lowest BCUT2D eigenvalue weighted by atomic mass is 10.3. The molecule has 1 aromatic carbocycles. The number of aliphatic hydroxyl groups is 2. The average molecular weight is 287 g/mol. The molecule has 3 N–H and O–H groups in total. The van der Waals surface area contributed by atoms with Gasteiger partial charge in [0, 0.05) is 30.4 Å². The Bertz CT molecular complexity index is 384. The Balaban J connectivity index is 2.45. The molecule has 1 aromatic rings. The zero-order valence-electron chi connectivity index (χ0n) is 10.7. The molecule has 0 atom stereocenters. The SMILES string of the molecule is O=C(CN(CCO)CCCO)Nc1ccc(Cl)cc1. The van der Waals surface area contributed by atoms with Crippen molar-refractivity contribution in [1.82, 2.24) is 4.90 Å². The van der Waals surface area contributed by atoms with E-state index in [-0.39, 0.29) is 25.7 Å². The van der Waals surface area contributed by atoms with Gasteiger partial charge >= 0.3 is 0 Å². The highest BCUT2D eigenvalue weighted by Crippen LogP contribution is 2.13. The van der Waals surface area contributed by atoms with E-state index in [0.29, 0.717) is 30.2 Å². The number of rotatable bonds is 8. The van der Waals surface area contributed by atoms with Crippen LogP contribution in [0.1, 0.15) is 6.42 Å². The van der Waals surface area contributed by atoms with Gasteiger partial charge in [0.25, 0.3) is 0 Å². The summed E-state index contributed by atoms with van der Waals surface area (Å²) < 4.78 is 0. The van der Waals surface area contributed by atoms with Gasteiger partial charge in [-0.1, -0.05) is 11.6 Å². The van der Waals surface area contributed by atoms with Crippen LogP contribution in [-0.4, -0.2) is 53.9 Å². The Morgan fingerprint density at radius 2 is 1.84 bits per heavy atom. The molecular formula is C13H19ClN2O3. The number of carbonyl (C=O) groups is 1. The minimum absolute atomic E-state index is 0.0142. The number of hydrogen-bond donors (Lipinski definition) is 3. The summed E-state index contributed by atoms with van der Waals surface area (Å²) in [5, 5.41) is 21.1. The van der Waals surface area contributed by atoms with E-state index in [1.54, 1.807) is 29.2 Å². The fourth-order valence-electron chi connectivity index (χ4n) is 1.64. The smallest absolute Gasteiger partial charge is 0.238 e. The van der Waals surface area contributed by atoms with Gasteiger partial charge in [-0.3, -0.25) is 9.69 Å². The molecule has 0 unspecified atom stereocenters. The van der Waals surface area contributed by atoms with Crippen LogP contribution in [-0.2, 0) is 4.79 Å². The molecule has 0 saturated heterocycles. The highest BCUT2D eigenvalue weighted by atomic mass is 35.5. The van der Waals surface area contributed by atoms with Crippen molar-refractivity contribution in [2.45, 2.75) is 6.42 Å². The fourth-order valence-corrected chi connectivity index (χ4v) is 1.77. The van der Waals surface area contributed by atoms with E-state index in [4.69, 9.17) is 21.8 Å². The molecule has 0 saturated carbocycles. The standard InChI is InChI=1S/C13H19ClN2O3/c14-11-2-4-12(5-3-11)15-13(19)10-16(7-9-18)6-1-8-17/h2-5,17-18H,1,6-10H2,(H,15,19). The van der Waals surface area contributed by atoms with Crippen LogP contribution >= 0.6 is 11.6 Å². The highest BCUT2D eigenvalue weighted by molar-refractivity contribution is 6.30. The molecule has 0 aliphatic rings. The van der Waals surface area contributed by atoms with Crippen LogP contribution in [0.2, 0.25) is 5.02 Å². The molecule has 6 heteroatoms. The molecule has 5 nitrogen and oxygen atoms in total. The summed E-state index contributed by atoms with van der Waals surface area (Å²) in [4.78, 5) is 13.6. The third kappa shape index (κ3) is 6.54. The Hall–Kier alpha value is -1.14. The monoisotopic (exact) mass is 286 g/mol. The van der Waals surface area contributed by atoms with Crippen molar-refractivity contribution in [1.29, 1.82) is 0 Å². The zero-order valence-corrected chi connectivity index (χ0v) is 11.4. The third-order valence-corrected chi connectivity index (χ3v) is 2.80. The van der Waals surface area contributed by atoms with Gasteiger partial charge in [-0.25, -0.2) is 0 Å². The third-order valence-electron chi connectivity index (χ3n) is 2.54. The second-order valence-corrected chi connectivity index (χ2v) is 4.57. The lowest BCUT2D eigenvalue weighted by Crippen LogP contribution is -2.36. The molecule has 0 spiro atoms. The molecule has 0 heterocycles. The Labute approximate surface area is 117 Å². The summed E-state index contributed by atoms with van der Waals surface area (Å²) in [6, 6.07) is 6.86. The van der Waals surface area contributed by atoms with Crippen molar-refractivity contribution >= 4 is 23.2 Å². The number of nitrogens with zero attached hydrogens (tertiary/aromatic N) is 1. The van der Waals surface area contributed by atoms with Gasteiger partial charge in [-0.15, -0.1) is 0 Å². The molecule has 19 heavy (non-hydrogen) atoms. The van der Waals surface area contributed by atoms with Crippen molar-refractivity contribution in [2.75, 3.05) is 38.2 Å². The first kappa shape index (κ1) is 15.9. The molecule has 0 aliphatic heterocycles. The molecule has 0 aliphatic carbocycles. The fraction of sp³-hybridized carbons (Fsp3) is 0.462. The summed E-state index contributed by atoms with van der Waals surface area (Å²) >= 11 is 5.76. The molecule has 1 amide bonds. The van der Waals surface area contributed by atoms with E-state index < -0.39 is 0 Å². The molecule has 0 bridgehead atoms. The van der Waals surface area contributed by atoms with Crippen LogP contribution < -0.4 is 5.32 Å². The Kier molecular flexibility index (Phi) is 7.43. The summed E-state index contributed by atoms with van der Waals surface area (Å²) in [7, 11) is 0. The number of nitrogens with one attached hydrogen (secondary N) is 1. The minimum atomic E-state index is -0.159. The van der Waals surface area contributed by atoms with Crippen LogP contribution in [0.3, 0.4) is 0 Å². The molecule has 106 valence electrons. The molecule has 0 aromatic heterocycles. The number of halogens is 1. The van der Waals surface area contributed by atoms with Crippen molar-refractivity contribution < 1.29 is 15.0 Å². The predicted molar refractivity (Wildman–Crippen MR) is 75.3 cm³/mol. The van der Waals surface area contributed by atoms with Gasteiger partial charge in [0.05, 0.1) is 13.2 Å². The second kappa shape index (κ2) is 8.87.